The Labute approximate surface area is 191 Å². The number of amides is 1. The number of thiazole rings is 1. The zero-order chi connectivity index (χ0) is 22.5. The minimum atomic E-state index is -0.0445. The third kappa shape index (κ3) is 4.57. The Kier molecular flexibility index (Phi) is 6.66. The number of anilines is 1. The van der Waals surface area contributed by atoms with Crippen molar-refractivity contribution in [3.8, 4) is 11.5 Å². The second kappa shape index (κ2) is 9.78. The van der Waals surface area contributed by atoms with E-state index < -0.39 is 0 Å². The van der Waals surface area contributed by atoms with Gasteiger partial charge in [0.1, 0.15) is 21.7 Å². The van der Waals surface area contributed by atoms with Crippen molar-refractivity contribution in [2.24, 2.45) is 0 Å². The van der Waals surface area contributed by atoms with Crippen LogP contribution < -0.4 is 14.4 Å². The van der Waals surface area contributed by atoms with E-state index in [1.807, 2.05) is 42.5 Å². The molecule has 0 atom stereocenters. The van der Waals surface area contributed by atoms with Gasteiger partial charge in [-0.1, -0.05) is 48.6 Å². The molecule has 0 saturated carbocycles. The average Bonchev–Trinajstić information content (AvgIpc) is 3.28. The van der Waals surface area contributed by atoms with Crippen molar-refractivity contribution in [1.82, 2.24) is 9.97 Å². The normalized spacial score (nSPS) is 10.8. The van der Waals surface area contributed by atoms with Crippen LogP contribution in [0.5, 0.6) is 11.5 Å². The number of benzene rings is 2. The van der Waals surface area contributed by atoms with E-state index in [-0.39, 0.29) is 12.3 Å². The molecular weight excluding hydrogens is 422 g/mol. The van der Waals surface area contributed by atoms with Gasteiger partial charge >= 0.3 is 0 Å². The van der Waals surface area contributed by atoms with E-state index in [4.69, 9.17) is 14.5 Å². The van der Waals surface area contributed by atoms with Gasteiger partial charge in [0.05, 0.1) is 32.9 Å². The minimum absolute atomic E-state index is 0.0445. The highest BCUT2D eigenvalue weighted by Gasteiger charge is 2.23. The SMILES string of the molecule is CCc1ccc(CC(=O)N(Cc2ccccn2)c2nc3c(OC)ccc(OC)c3s2)cc1. The summed E-state index contributed by atoms with van der Waals surface area (Å²) in [5.74, 6) is 1.30. The van der Waals surface area contributed by atoms with Crippen molar-refractivity contribution >= 4 is 32.6 Å². The lowest BCUT2D eigenvalue weighted by Gasteiger charge is -2.19. The van der Waals surface area contributed by atoms with Gasteiger partial charge in [0.2, 0.25) is 5.91 Å². The predicted octanol–water partition coefficient (Wildman–Crippen LogP) is 5.05. The predicted molar refractivity (Wildman–Crippen MR) is 128 cm³/mol. The number of ether oxygens (including phenoxy) is 2. The maximum atomic E-state index is 13.5. The van der Waals surface area contributed by atoms with Gasteiger partial charge in [-0.2, -0.15) is 0 Å². The molecule has 0 unspecified atom stereocenters. The lowest BCUT2D eigenvalue weighted by molar-refractivity contribution is -0.118. The molecule has 0 aliphatic rings. The number of hydrogen-bond donors (Lipinski definition) is 0. The zero-order valence-corrected chi connectivity index (χ0v) is 19.2. The van der Waals surface area contributed by atoms with Crippen LogP contribution in [0.2, 0.25) is 0 Å². The van der Waals surface area contributed by atoms with E-state index in [0.717, 1.165) is 22.4 Å². The molecule has 2 aromatic heterocycles. The van der Waals surface area contributed by atoms with Gasteiger partial charge in [-0.05, 0) is 41.8 Å². The van der Waals surface area contributed by atoms with Crippen molar-refractivity contribution in [2.45, 2.75) is 26.3 Å². The molecule has 0 bridgehead atoms. The number of aryl methyl sites for hydroxylation is 1. The summed E-state index contributed by atoms with van der Waals surface area (Å²) in [4.78, 5) is 24.3. The van der Waals surface area contributed by atoms with Crippen LogP contribution in [0, 0.1) is 0 Å². The summed E-state index contributed by atoms with van der Waals surface area (Å²) in [6, 6.07) is 17.5. The fourth-order valence-electron chi connectivity index (χ4n) is 3.47. The van der Waals surface area contributed by atoms with Gasteiger partial charge < -0.3 is 9.47 Å². The first-order valence-corrected chi connectivity index (χ1v) is 11.2. The van der Waals surface area contributed by atoms with Crippen molar-refractivity contribution in [3.05, 3.63) is 77.6 Å². The molecule has 4 aromatic rings. The molecule has 2 heterocycles. The molecule has 0 spiro atoms. The average molecular weight is 448 g/mol. The maximum absolute atomic E-state index is 13.5. The molecule has 0 aliphatic carbocycles. The van der Waals surface area contributed by atoms with E-state index in [1.54, 1.807) is 25.3 Å². The van der Waals surface area contributed by atoms with E-state index in [9.17, 15) is 4.79 Å². The van der Waals surface area contributed by atoms with Gasteiger partial charge in [-0.25, -0.2) is 4.98 Å². The molecule has 164 valence electrons. The first-order chi connectivity index (χ1) is 15.6. The molecule has 7 heteroatoms. The van der Waals surface area contributed by atoms with Crippen molar-refractivity contribution in [2.75, 3.05) is 19.1 Å². The first kappa shape index (κ1) is 21.8. The number of hydrogen-bond acceptors (Lipinski definition) is 6. The van der Waals surface area contributed by atoms with Crippen LogP contribution >= 0.6 is 11.3 Å². The summed E-state index contributed by atoms with van der Waals surface area (Å²) in [7, 11) is 3.23. The van der Waals surface area contributed by atoms with E-state index in [1.165, 1.54) is 16.9 Å². The topological polar surface area (TPSA) is 64.6 Å². The summed E-state index contributed by atoms with van der Waals surface area (Å²) in [6.45, 7) is 2.45. The molecule has 32 heavy (non-hydrogen) atoms. The second-order valence-corrected chi connectivity index (χ2v) is 8.27. The molecule has 1 amide bonds. The first-order valence-electron chi connectivity index (χ1n) is 10.4. The van der Waals surface area contributed by atoms with Crippen molar-refractivity contribution in [3.63, 3.8) is 0 Å². The number of carbonyl (C=O) groups is 1. The molecule has 2 aromatic carbocycles. The molecule has 6 nitrogen and oxygen atoms in total. The van der Waals surface area contributed by atoms with Crippen LogP contribution in [0.1, 0.15) is 23.7 Å². The molecule has 0 radical (unpaired) electrons. The number of rotatable bonds is 8. The van der Waals surface area contributed by atoms with Crippen LogP contribution in [0.3, 0.4) is 0 Å². The van der Waals surface area contributed by atoms with Crippen LogP contribution in [-0.2, 0) is 24.2 Å². The summed E-state index contributed by atoms with van der Waals surface area (Å²) in [5, 5.41) is 0.587. The third-order valence-corrected chi connectivity index (χ3v) is 6.36. The van der Waals surface area contributed by atoms with Crippen molar-refractivity contribution < 1.29 is 14.3 Å². The molecule has 0 fully saturated rings. The zero-order valence-electron chi connectivity index (χ0n) is 18.4. The van der Waals surface area contributed by atoms with Crippen LogP contribution in [-0.4, -0.2) is 30.1 Å². The van der Waals surface area contributed by atoms with Crippen LogP contribution in [0.25, 0.3) is 10.2 Å². The molecule has 4 rings (SSSR count). The van der Waals surface area contributed by atoms with Crippen molar-refractivity contribution in [1.29, 1.82) is 0 Å². The summed E-state index contributed by atoms with van der Waals surface area (Å²) in [5.41, 5.74) is 3.68. The van der Waals surface area contributed by atoms with Gasteiger partial charge in [-0.3, -0.25) is 14.7 Å². The Hall–Kier alpha value is -3.45. The van der Waals surface area contributed by atoms with E-state index >= 15 is 0 Å². The highest BCUT2D eigenvalue weighted by molar-refractivity contribution is 7.22. The Morgan fingerprint density at radius 3 is 2.34 bits per heavy atom. The quantitative estimate of drug-likeness (QED) is 0.378. The smallest absolute Gasteiger partial charge is 0.233 e. The van der Waals surface area contributed by atoms with Gasteiger partial charge in [0, 0.05) is 6.20 Å². The largest absolute Gasteiger partial charge is 0.495 e. The third-order valence-electron chi connectivity index (χ3n) is 5.26. The van der Waals surface area contributed by atoms with Gasteiger partial charge in [-0.15, -0.1) is 0 Å². The lowest BCUT2D eigenvalue weighted by Crippen LogP contribution is -2.32. The molecular formula is C25H25N3O3S. The molecule has 0 aliphatic heterocycles. The summed E-state index contributed by atoms with van der Waals surface area (Å²) >= 11 is 1.41. The standard InChI is InChI=1S/C25H25N3O3S/c1-4-17-8-10-18(11-9-17)15-22(29)28(16-19-7-5-6-14-26-19)25-27-23-20(30-2)12-13-21(31-3)24(23)32-25/h5-14H,4,15-16H2,1-3H3. The highest BCUT2D eigenvalue weighted by Crippen LogP contribution is 2.40. The lowest BCUT2D eigenvalue weighted by atomic mass is 10.1. The van der Waals surface area contributed by atoms with Gasteiger partial charge in [0.15, 0.2) is 5.13 Å². The highest BCUT2D eigenvalue weighted by atomic mass is 32.1. The summed E-state index contributed by atoms with van der Waals surface area (Å²) < 4.78 is 11.8. The van der Waals surface area contributed by atoms with Crippen LogP contribution in [0.4, 0.5) is 5.13 Å². The Morgan fingerprint density at radius 2 is 1.69 bits per heavy atom. The van der Waals surface area contributed by atoms with Gasteiger partial charge in [0.25, 0.3) is 0 Å². The Bertz CT molecular complexity index is 1170. The summed E-state index contributed by atoms with van der Waals surface area (Å²) in [6.07, 6.45) is 2.97. The fraction of sp³-hybridized carbons (Fsp3) is 0.240. The number of fused-ring (bicyclic) bond motifs is 1. The molecule has 0 N–H and O–H groups in total. The van der Waals surface area contributed by atoms with E-state index in [2.05, 4.69) is 24.0 Å². The Morgan fingerprint density at radius 1 is 0.969 bits per heavy atom. The molecule has 0 saturated heterocycles. The number of aromatic nitrogens is 2. The number of carbonyl (C=O) groups excluding carboxylic acids is 1. The maximum Gasteiger partial charge on any atom is 0.233 e. The number of methoxy groups -OCH3 is 2. The number of nitrogens with zero attached hydrogens (tertiary/aromatic N) is 3. The van der Waals surface area contributed by atoms with Crippen LogP contribution in [0.15, 0.2) is 60.8 Å². The monoisotopic (exact) mass is 447 g/mol. The second-order valence-electron chi connectivity index (χ2n) is 7.29. The fourth-order valence-corrected chi connectivity index (χ4v) is 4.56. The Balaban J connectivity index is 1.72. The minimum Gasteiger partial charge on any atom is -0.495 e. The number of pyridine rings is 1. The van der Waals surface area contributed by atoms with E-state index in [0.29, 0.717) is 28.7 Å².